The predicted molar refractivity (Wildman–Crippen MR) is 251 cm³/mol. The van der Waals surface area contributed by atoms with E-state index < -0.39 is 29.5 Å². The number of carbonyl (C=O) groups excluding carboxylic acids is 4. The molecule has 0 spiro atoms. The highest BCUT2D eigenvalue weighted by molar-refractivity contribution is 7.81. The van der Waals surface area contributed by atoms with Crippen LogP contribution >= 0.6 is 12.2 Å². The minimum atomic E-state index is -0.965. The monoisotopic (exact) mass is 912 g/mol. The maximum Gasteiger partial charge on any atom is 0.259 e. The number of amides is 3. The number of aromatic nitrogens is 1. The van der Waals surface area contributed by atoms with Gasteiger partial charge in [-0.1, -0.05) is 48.5 Å². The van der Waals surface area contributed by atoms with Gasteiger partial charge in [0, 0.05) is 43.3 Å². The molecule has 3 amide bonds. The van der Waals surface area contributed by atoms with Crippen LogP contribution in [0.15, 0.2) is 102 Å². The average Bonchev–Trinajstić information content (AvgIpc) is 3.99. The van der Waals surface area contributed by atoms with E-state index in [1.54, 1.807) is 18.2 Å². The van der Waals surface area contributed by atoms with Crippen LogP contribution < -0.4 is 24.6 Å². The Bertz CT molecular complexity index is 2610. The molecule has 66 heavy (non-hydrogen) atoms. The molecular formula is C50H52N6O9S. The summed E-state index contributed by atoms with van der Waals surface area (Å²) in [6.45, 7) is 5.81. The van der Waals surface area contributed by atoms with Gasteiger partial charge in [-0.25, -0.2) is 4.98 Å². The molecule has 2 atom stereocenters. The van der Waals surface area contributed by atoms with Gasteiger partial charge in [-0.15, -0.1) is 0 Å². The van der Waals surface area contributed by atoms with E-state index in [0.717, 1.165) is 33.6 Å². The van der Waals surface area contributed by atoms with Crippen molar-refractivity contribution in [3.63, 3.8) is 0 Å². The standard InChI is InChI=1S/C50H52N6O9S/c1-32-47(65-31-53-32)36-10-7-33(8-11-36)9-22-43(58)42-26-40(57)29-54(42)46(60)28-52-45(59)30-63-23-5-6-24-64-41-20-15-35(16-21-41)34-12-17-38(18-13-34)56-49(66)55(48(61)50(56,2)3)39-19-14-37(27-51)44(25-39)62-4/h7-8,10-21,25,31,40,42,57H,5-6,9,22-24,26,28-30H2,1-4H3,(H,52,59)/t40-,42+/m1/s1. The first kappa shape index (κ1) is 47.0. The van der Waals surface area contributed by atoms with E-state index in [0.29, 0.717) is 66.1 Å². The third-order valence-electron chi connectivity index (χ3n) is 11.8. The first-order valence-corrected chi connectivity index (χ1v) is 22.1. The Morgan fingerprint density at radius 3 is 2.29 bits per heavy atom. The molecule has 0 aliphatic carbocycles. The molecule has 0 saturated carbocycles. The molecule has 2 N–H and O–H groups in total. The number of nitrogens with one attached hydrogen (secondary N) is 1. The summed E-state index contributed by atoms with van der Waals surface area (Å²) in [5.41, 5.74) is 5.27. The highest BCUT2D eigenvalue weighted by Gasteiger charge is 2.50. The number of thiocarbonyl (C=S) groups is 1. The zero-order valence-corrected chi connectivity index (χ0v) is 38.1. The van der Waals surface area contributed by atoms with E-state index >= 15 is 0 Å². The van der Waals surface area contributed by atoms with Crippen molar-refractivity contribution in [2.24, 2.45) is 0 Å². The molecule has 15 nitrogen and oxygen atoms in total. The Labute approximate surface area is 388 Å². The Morgan fingerprint density at radius 2 is 1.62 bits per heavy atom. The van der Waals surface area contributed by atoms with Crippen molar-refractivity contribution in [1.29, 1.82) is 5.26 Å². The number of methoxy groups -OCH3 is 1. The number of hydrogen-bond acceptors (Lipinski definition) is 12. The summed E-state index contributed by atoms with van der Waals surface area (Å²) >= 11 is 5.84. The highest BCUT2D eigenvalue weighted by Crippen LogP contribution is 2.38. The number of Topliss-reactive ketones (excluding diaryl/α,β-unsaturated/α-hetero) is 1. The van der Waals surface area contributed by atoms with E-state index in [2.05, 4.69) is 16.4 Å². The number of benzene rings is 4. The predicted octanol–water partition coefficient (Wildman–Crippen LogP) is 6.57. The van der Waals surface area contributed by atoms with E-state index in [1.165, 1.54) is 23.3 Å². The molecule has 7 rings (SSSR count). The number of nitrogens with zero attached hydrogens (tertiary/aromatic N) is 5. The molecule has 16 heteroatoms. The van der Waals surface area contributed by atoms with E-state index in [1.807, 2.05) is 98.5 Å². The first-order chi connectivity index (χ1) is 31.8. The number of aliphatic hydroxyl groups is 1. The fourth-order valence-electron chi connectivity index (χ4n) is 8.13. The summed E-state index contributed by atoms with van der Waals surface area (Å²) in [5, 5.41) is 22.6. The van der Waals surface area contributed by atoms with Crippen LogP contribution in [0.25, 0.3) is 22.5 Å². The zero-order valence-electron chi connectivity index (χ0n) is 37.3. The summed E-state index contributed by atoms with van der Waals surface area (Å²) in [6, 6.07) is 29.5. The number of nitriles is 1. The molecule has 2 aliphatic heterocycles. The number of unbranched alkanes of at least 4 members (excludes halogenated alkanes) is 1. The maximum atomic E-state index is 13.7. The van der Waals surface area contributed by atoms with E-state index in [-0.39, 0.29) is 44.2 Å². The molecular weight excluding hydrogens is 861 g/mol. The molecule has 2 fully saturated rings. The smallest absolute Gasteiger partial charge is 0.259 e. The molecule has 4 aromatic carbocycles. The van der Waals surface area contributed by atoms with Crippen LogP contribution in [0.2, 0.25) is 0 Å². The van der Waals surface area contributed by atoms with Gasteiger partial charge in [0.2, 0.25) is 11.8 Å². The molecule has 2 saturated heterocycles. The largest absolute Gasteiger partial charge is 0.495 e. The lowest BCUT2D eigenvalue weighted by molar-refractivity contribution is -0.138. The highest BCUT2D eigenvalue weighted by atomic mass is 32.1. The molecule has 0 bridgehead atoms. The number of rotatable bonds is 19. The lowest BCUT2D eigenvalue weighted by atomic mass is 10.00. The van der Waals surface area contributed by atoms with Gasteiger partial charge >= 0.3 is 0 Å². The average molecular weight is 913 g/mol. The minimum absolute atomic E-state index is 0.0338. The lowest BCUT2D eigenvalue weighted by Crippen LogP contribution is -2.46. The molecule has 3 heterocycles. The van der Waals surface area contributed by atoms with Crippen molar-refractivity contribution >= 4 is 52.2 Å². The van der Waals surface area contributed by atoms with Crippen LogP contribution in [-0.4, -0.2) is 101 Å². The van der Waals surface area contributed by atoms with Crippen molar-refractivity contribution in [2.75, 3.05) is 49.8 Å². The molecule has 1 aromatic heterocycles. The van der Waals surface area contributed by atoms with Gasteiger partial charge in [0.1, 0.15) is 29.7 Å². The van der Waals surface area contributed by atoms with Crippen molar-refractivity contribution in [3.8, 4) is 40.0 Å². The molecule has 342 valence electrons. The number of ether oxygens (including phenoxy) is 3. The second-order valence-electron chi connectivity index (χ2n) is 16.7. The summed E-state index contributed by atoms with van der Waals surface area (Å²) in [4.78, 5) is 61.1. The molecule has 5 aromatic rings. The third kappa shape index (κ3) is 10.6. The Kier molecular flexibility index (Phi) is 14.9. The Morgan fingerprint density at radius 1 is 0.955 bits per heavy atom. The van der Waals surface area contributed by atoms with Gasteiger partial charge in [-0.05, 0) is 105 Å². The van der Waals surface area contributed by atoms with Crippen LogP contribution in [0.3, 0.4) is 0 Å². The van der Waals surface area contributed by atoms with Gasteiger partial charge in [0.05, 0.1) is 49.4 Å². The van der Waals surface area contributed by atoms with Gasteiger partial charge in [0.15, 0.2) is 23.0 Å². The van der Waals surface area contributed by atoms with Crippen LogP contribution in [0.5, 0.6) is 11.5 Å². The van der Waals surface area contributed by atoms with Gasteiger partial charge in [-0.3, -0.25) is 24.1 Å². The number of aliphatic hydroxyl groups excluding tert-OH is 1. The normalized spacial score (nSPS) is 16.6. The molecule has 0 radical (unpaired) electrons. The van der Waals surface area contributed by atoms with E-state index in [4.69, 9.17) is 30.8 Å². The van der Waals surface area contributed by atoms with Crippen molar-refractivity contribution in [2.45, 2.75) is 70.6 Å². The topological polar surface area (TPSA) is 188 Å². The van der Waals surface area contributed by atoms with Gasteiger partial charge < -0.3 is 38.9 Å². The number of carbonyl (C=O) groups is 4. The zero-order chi connectivity index (χ0) is 47.0. The summed E-state index contributed by atoms with van der Waals surface area (Å²) < 4.78 is 22.3. The van der Waals surface area contributed by atoms with Crippen molar-refractivity contribution in [3.05, 3.63) is 114 Å². The summed E-state index contributed by atoms with van der Waals surface area (Å²) in [7, 11) is 1.47. The van der Waals surface area contributed by atoms with E-state index in [9.17, 15) is 29.5 Å². The second kappa shape index (κ2) is 20.9. The number of likely N-dealkylation sites (tertiary alicyclic amines) is 1. The third-order valence-corrected chi connectivity index (χ3v) is 12.1. The van der Waals surface area contributed by atoms with Crippen LogP contribution in [0.1, 0.15) is 56.4 Å². The fraction of sp³-hybridized carbons (Fsp3) is 0.340. The van der Waals surface area contributed by atoms with Gasteiger partial charge in [0.25, 0.3) is 5.91 Å². The summed E-state index contributed by atoms with van der Waals surface area (Å²) in [6.07, 6.45) is 2.78. The first-order valence-electron chi connectivity index (χ1n) is 21.7. The SMILES string of the molecule is COc1cc(N2C(=O)C(C)(C)N(c3ccc(-c4ccc(OCCCCOCC(=O)NCC(=O)N5C[C@H](O)C[C@H]5C(=O)CCc5ccc(-c6ocnc6C)cc5)cc4)cc3)C2=S)ccc1C#N. The lowest BCUT2D eigenvalue weighted by Gasteiger charge is -2.29. The van der Waals surface area contributed by atoms with Crippen LogP contribution in [0.4, 0.5) is 11.4 Å². The van der Waals surface area contributed by atoms with Crippen molar-refractivity contribution < 1.29 is 42.9 Å². The minimum Gasteiger partial charge on any atom is -0.495 e. The summed E-state index contributed by atoms with van der Waals surface area (Å²) in [5.74, 6) is 0.544. The second-order valence-corrected chi connectivity index (χ2v) is 17.0. The van der Waals surface area contributed by atoms with Crippen molar-refractivity contribution in [1.82, 2.24) is 15.2 Å². The number of ketones is 1. The Hall–Kier alpha value is -6.93. The fourth-order valence-corrected chi connectivity index (χ4v) is 8.65. The number of hydrogen-bond donors (Lipinski definition) is 2. The molecule has 2 aliphatic rings. The number of β-amino-alcohol motifs (C(OH)–C–C–N with tert-alkyl or cyclic N) is 1. The maximum absolute atomic E-state index is 13.7. The van der Waals surface area contributed by atoms with Crippen LogP contribution in [0, 0.1) is 18.3 Å². The number of aryl methyl sites for hydroxylation is 2. The van der Waals surface area contributed by atoms with Crippen LogP contribution in [-0.2, 0) is 30.3 Å². The number of anilines is 2. The Balaban J connectivity index is 0.789. The quantitative estimate of drug-likeness (QED) is 0.0670. The van der Waals surface area contributed by atoms with Gasteiger partial charge in [-0.2, -0.15) is 5.26 Å². The molecule has 0 unspecified atom stereocenters. The number of oxazole rings is 1.